The Morgan fingerprint density at radius 3 is 1.40 bits per heavy atom. The van der Waals surface area contributed by atoms with Crippen molar-refractivity contribution in [1.82, 2.24) is 0 Å². The van der Waals surface area contributed by atoms with Crippen molar-refractivity contribution in [3.05, 3.63) is 83.9 Å². The minimum Gasteiger partial charge on any atom is -0.382 e. The summed E-state index contributed by atoms with van der Waals surface area (Å²) in [5.41, 5.74) is 5.59. The van der Waals surface area contributed by atoms with Crippen LogP contribution in [-0.4, -0.2) is 26.4 Å². The molecule has 4 heteroatoms. The molecule has 3 aromatic carbocycles. The van der Waals surface area contributed by atoms with Gasteiger partial charge in [-0.05, 0) is 110 Å². The maximum absolute atomic E-state index is 5.46. The van der Waals surface area contributed by atoms with Gasteiger partial charge in [-0.25, -0.2) is 0 Å². The molecule has 0 fully saturated rings. The van der Waals surface area contributed by atoms with Gasteiger partial charge in [0.1, 0.15) is 0 Å². The molecule has 0 bridgehead atoms. The molecule has 0 aliphatic rings. The third-order valence-electron chi connectivity index (χ3n) is 7.99. The summed E-state index contributed by atoms with van der Waals surface area (Å²) in [5.74, 6) is 0. The van der Waals surface area contributed by atoms with Crippen molar-refractivity contribution in [3.8, 4) is 20.9 Å². The molecule has 5 aromatic rings. The number of hydrogen-bond acceptors (Lipinski definition) is 4. The first-order chi connectivity index (χ1) is 20.7. The Kier molecular flexibility index (Phi) is 12.1. The van der Waals surface area contributed by atoms with Crippen LogP contribution in [0.4, 0.5) is 0 Å². The van der Waals surface area contributed by atoms with E-state index in [0.29, 0.717) is 0 Å². The number of benzene rings is 3. The molecule has 5 rings (SSSR count). The highest BCUT2D eigenvalue weighted by Crippen LogP contribution is 2.40. The van der Waals surface area contributed by atoms with E-state index in [1.165, 1.54) is 104 Å². The first-order valence-corrected chi connectivity index (χ1v) is 17.7. The molecule has 222 valence electrons. The summed E-state index contributed by atoms with van der Waals surface area (Å²) < 4.78 is 13.7. The predicted octanol–water partition coefficient (Wildman–Crippen LogP) is 11.7. The minimum atomic E-state index is 0.828. The second-order valence-electron chi connectivity index (χ2n) is 11.3. The van der Waals surface area contributed by atoms with Gasteiger partial charge in [-0.1, -0.05) is 74.2 Å². The van der Waals surface area contributed by atoms with E-state index in [0.717, 1.165) is 39.3 Å². The summed E-state index contributed by atoms with van der Waals surface area (Å²) in [7, 11) is 0. The van der Waals surface area contributed by atoms with Crippen molar-refractivity contribution in [2.75, 3.05) is 26.4 Å². The standard InChI is InChI=1S/C38H46O2S2/c1-3-39-21-11-7-5-9-15-29-17-13-19-31(23-29)35-25-33-27-38-34(28-37(33)41-35)26-36(42-38)32-20-14-18-30(24-32)16-10-6-8-12-22-40-4-2/h13-14,17-20,23-28H,3-12,15-16,21-22H2,1-2H3. The van der Waals surface area contributed by atoms with E-state index in [-0.39, 0.29) is 0 Å². The summed E-state index contributed by atoms with van der Waals surface area (Å²) in [5, 5.41) is 2.71. The largest absolute Gasteiger partial charge is 0.382 e. The molecule has 0 spiro atoms. The fourth-order valence-electron chi connectivity index (χ4n) is 5.68. The van der Waals surface area contributed by atoms with Crippen LogP contribution < -0.4 is 0 Å². The lowest BCUT2D eigenvalue weighted by atomic mass is 10.0. The summed E-state index contributed by atoms with van der Waals surface area (Å²) in [6.07, 6.45) is 12.2. The van der Waals surface area contributed by atoms with Crippen LogP contribution in [0, 0.1) is 0 Å². The quantitative estimate of drug-likeness (QED) is 0.0934. The fraction of sp³-hybridized carbons (Fsp3) is 0.421. The molecule has 2 aromatic heterocycles. The summed E-state index contributed by atoms with van der Waals surface area (Å²) in [6.45, 7) is 7.60. The Morgan fingerprint density at radius 1 is 0.500 bits per heavy atom. The number of unbranched alkanes of at least 4 members (excludes halogenated alkanes) is 6. The maximum atomic E-state index is 5.46. The van der Waals surface area contributed by atoms with Crippen molar-refractivity contribution >= 4 is 42.8 Å². The van der Waals surface area contributed by atoms with Crippen LogP contribution in [0.2, 0.25) is 0 Å². The van der Waals surface area contributed by atoms with E-state index in [9.17, 15) is 0 Å². The molecule has 0 saturated heterocycles. The van der Waals surface area contributed by atoms with Crippen LogP contribution in [0.1, 0.15) is 76.3 Å². The van der Waals surface area contributed by atoms with E-state index >= 15 is 0 Å². The highest BCUT2D eigenvalue weighted by molar-refractivity contribution is 7.23. The zero-order valence-corrected chi connectivity index (χ0v) is 27.1. The lowest BCUT2D eigenvalue weighted by molar-refractivity contribution is 0.143. The van der Waals surface area contributed by atoms with Crippen molar-refractivity contribution in [2.24, 2.45) is 0 Å². The molecular weight excluding hydrogens is 553 g/mol. The van der Waals surface area contributed by atoms with Crippen LogP contribution in [0.15, 0.2) is 72.8 Å². The van der Waals surface area contributed by atoms with Gasteiger partial charge in [0.25, 0.3) is 0 Å². The zero-order valence-electron chi connectivity index (χ0n) is 25.5. The molecule has 0 amide bonds. The van der Waals surface area contributed by atoms with Gasteiger partial charge in [0.05, 0.1) is 0 Å². The second-order valence-corrected chi connectivity index (χ2v) is 13.4. The molecule has 0 aliphatic heterocycles. The molecule has 2 heterocycles. The lowest BCUT2D eigenvalue weighted by Gasteiger charge is -2.05. The Balaban J connectivity index is 1.21. The fourth-order valence-corrected chi connectivity index (χ4v) is 7.86. The van der Waals surface area contributed by atoms with Gasteiger partial charge in [0.15, 0.2) is 0 Å². The van der Waals surface area contributed by atoms with Crippen LogP contribution >= 0.6 is 22.7 Å². The first kappa shape index (κ1) is 30.9. The van der Waals surface area contributed by atoms with Crippen molar-refractivity contribution in [2.45, 2.75) is 78.1 Å². The summed E-state index contributed by atoms with van der Waals surface area (Å²) in [6, 6.07) is 27.9. The molecule has 0 saturated carbocycles. The second kappa shape index (κ2) is 16.4. The van der Waals surface area contributed by atoms with Crippen LogP contribution in [0.5, 0.6) is 0 Å². The van der Waals surface area contributed by atoms with E-state index in [1.54, 1.807) is 0 Å². The average molecular weight is 599 g/mol. The molecule has 0 radical (unpaired) electrons. The maximum Gasteiger partial charge on any atom is 0.0465 e. The lowest BCUT2D eigenvalue weighted by Crippen LogP contribution is -1.93. The van der Waals surface area contributed by atoms with Gasteiger partial charge in [-0.15, -0.1) is 22.7 Å². The van der Waals surface area contributed by atoms with E-state index in [2.05, 4.69) is 86.6 Å². The van der Waals surface area contributed by atoms with Gasteiger partial charge < -0.3 is 9.47 Å². The van der Waals surface area contributed by atoms with Crippen molar-refractivity contribution in [3.63, 3.8) is 0 Å². The molecule has 0 N–H and O–H groups in total. The Morgan fingerprint density at radius 2 is 0.952 bits per heavy atom. The number of thiophene rings is 2. The summed E-state index contributed by atoms with van der Waals surface area (Å²) >= 11 is 3.84. The summed E-state index contributed by atoms with van der Waals surface area (Å²) in [4.78, 5) is 2.74. The monoisotopic (exact) mass is 598 g/mol. The molecule has 2 nitrogen and oxygen atoms in total. The van der Waals surface area contributed by atoms with Gasteiger partial charge >= 0.3 is 0 Å². The topological polar surface area (TPSA) is 18.5 Å². The van der Waals surface area contributed by atoms with E-state index in [4.69, 9.17) is 9.47 Å². The molecular formula is C38H46O2S2. The van der Waals surface area contributed by atoms with Crippen LogP contribution in [0.3, 0.4) is 0 Å². The normalized spacial score (nSPS) is 11.7. The number of rotatable bonds is 18. The van der Waals surface area contributed by atoms with Gasteiger partial charge in [-0.3, -0.25) is 0 Å². The first-order valence-electron chi connectivity index (χ1n) is 16.0. The van der Waals surface area contributed by atoms with Crippen LogP contribution in [-0.2, 0) is 22.3 Å². The van der Waals surface area contributed by atoms with Crippen molar-refractivity contribution < 1.29 is 9.47 Å². The predicted molar refractivity (Wildman–Crippen MR) is 185 cm³/mol. The third-order valence-corrected chi connectivity index (χ3v) is 10.3. The van der Waals surface area contributed by atoms with E-state index < -0.39 is 0 Å². The van der Waals surface area contributed by atoms with Crippen molar-refractivity contribution in [1.29, 1.82) is 0 Å². The van der Waals surface area contributed by atoms with Gasteiger partial charge in [0, 0.05) is 45.6 Å². The molecule has 0 atom stereocenters. The highest BCUT2D eigenvalue weighted by atomic mass is 32.1. The SMILES string of the molecule is CCOCCCCCCc1cccc(-c2cc3cc4sc(-c5cccc(CCCCCCOCC)c5)cc4cc3s2)c1. The third kappa shape index (κ3) is 8.76. The average Bonchev–Trinajstić information content (AvgIpc) is 3.63. The highest BCUT2D eigenvalue weighted by Gasteiger charge is 2.11. The van der Waals surface area contributed by atoms with E-state index in [1.807, 2.05) is 22.7 Å². The number of hydrogen-bond donors (Lipinski definition) is 0. The Bertz CT molecular complexity index is 1370. The molecule has 0 aliphatic carbocycles. The smallest absolute Gasteiger partial charge is 0.0465 e. The zero-order chi connectivity index (χ0) is 29.0. The van der Waals surface area contributed by atoms with Gasteiger partial charge in [-0.2, -0.15) is 0 Å². The van der Waals surface area contributed by atoms with Crippen LogP contribution in [0.25, 0.3) is 41.1 Å². The molecule has 42 heavy (non-hydrogen) atoms. The number of fused-ring (bicyclic) bond motifs is 2. The number of aryl methyl sites for hydroxylation is 2. The minimum absolute atomic E-state index is 0.828. The molecule has 0 unspecified atom stereocenters. The number of ether oxygens (including phenoxy) is 2. The van der Waals surface area contributed by atoms with Gasteiger partial charge in [0.2, 0.25) is 0 Å². The Labute approximate surface area is 260 Å². The Hall–Kier alpha value is -2.50.